The number of hydrogen-bond acceptors (Lipinski definition) is 5. The van der Waals surface area contributed by atoms with Crippen molar-refractivity contribution in [1.82, 2.24) is 0 Å². The van der Waals surface area contributed by atoms with Gasteiger partial charge in [0.15, 0.2) is 17.3 Å². The summed E-state index contributed by atoms with van der Waals surface area (Å²) in [5.41, 5.74) is 1.96. The smallest absolute Gasteiger partial charge is 0.195 e. The van der Waals surface area contributed by atoms with E-state index in [9.17, 15) is 4.79 Å². The Kier molecular flexibility index (Phi) is 8.93. The second-order valence-corrected chi connectivity index (χ2v) is 8.39. The first-order valence-corrected chi connectivity index (χ1v) is 11.9. The topological polar surface area (TPSA) is 44.8 Å². The normalized spacial score (nSPS) is 11.0. The van der Waals surface area contributed by atoms with Gasteiger partial charge in [-0.05, 0) is 73.9 Å². The number of benzene rings is 2. The van der Waals surface area contributed by atoms with Gasteiger partial charge in [-0.1, -0.05) is 37.6 Å². The van der Waals surface area contributed by atoms with Crippen LogP contribution in [0.1, 0.15) is 52.9 Å². The minimum atomic E-state index is 0.0401. The summed E-state index contributed by atoms with van der Waals surface area (Å²) in [4.78, 5) is 14.4. The summed E-state index contributed by atoms with van der Waals surface area (Å²) < 4.78 is 17.2. The van der Waals surface area contributed by atoms with Crippen molar-refractivity contribution in [3.63, 3.8) is 0 Å². The van der Waals surface area contributed by atoms with E-state index in [1.165, 1.54) is 4.88 Å². The second-order valence-electron chi connectivity index (χ2n) is 7.22. The van der Waals surface area contributed by atoms with Crippen molar-refractivity contribution >= 4 is 23.2 Å². The van der Waals surface area contributed by atoms with Gasteiger partial charge < -0.3 is 14.2 Å². The monoisotopic (exact) mass is 450 g/mol. The van der Waals surface area contributed by atoms with Gasteiger partial charge in [-0.3, -0.25) is 4.79 Å². The predicted molar refractivity (Wildman–Crippen MR) is 131 cm³/mol. The van der Waals surface area contributed by atoms with Crippen molar-refractivity contribution in [2.24, 2.45) is 0 Å². The number of thiophene rings is 1. The van der Waals surface area contributed by atoms with Crippen LogP contribution in [0.3, 0.4) is 0 Å². The van der Waals surface area contributed by atoms with E-state index in [1.54, 1.807) is 17.4 Å². The minimum Gasteiger partial charge on any atom is -0.490 e. The standard InChI is InChI=1S/C27H30O4S/c1-4-7-23-14-17-27(32-23)24(28)15-10-20-8-12-22(13-9-20)31-19-21-11-16-25(29-5-2)26(18-21)30-6-3/h8-18H,4-7,19H2,1-3H3/b15-10+. The first-order valence-electron chi connectivity index (χ1n) is 11.0. The predicted octanol–water partition coefficient (Wildman–Crippen LogP) is 6.97. The lowest BCUT2D eigenvalue weighted by molar-refractivity contribution is 0.105. The van der Waals surface area contributed by atoms with E-state index in [0.717, 1.165) is 46.1 Å². The molecule has 0 aliphatic heterocycles. The van der Waals surface area contributed by atoms with Crippen LogP contribution in [0.2, 0.25) is 0 Å². The minimum absolute atomic E-state index is 0.0401. The molecule has 3 rings (SSSR count). The zero-order valence-electron chi connectivity index (χ0n) is 18.9. The molecule has 0 saturated carbocycles. The van der Waals surface area contributed by atoms with Gasteiger partial charge in [0.1, 0.15) is 12.4 Å². The third-order valence-corrected chi connectivity index (χ3v) is 5.88. The Morgan fingerprint density at radius 3 is 2.34 bits per heavy atom. The van der Waals surface area contributed by atoms with Crippen LogP contribution in [0.5, 0.6) is 17.2 Å². The molecular formula is C27H30O4S. The lowest BCUT2D eigenvalue weighted by Crippen LogP contribution is -2.01. The Morgan fingerprint density at radius 1 is 0.875 bits per heavy atom. The number of aryl methyl sites for hydroxylation is 1. The van der Waals surface area contributed by atoms with Crippen molar-refractivity contribution in [2.75, 3.05) is 13.2 Å². The van der Waals surface area contributed by atoms with Crippen LogP contribution in [-0.4, -0.2) is 19.0 Å². The molecule has 0 unspecified atom stereocenters. The number of carbonyl (C=O) groups excluding carboxylic acids is 1. The van der Waals surface area contributed by atoms with Crippen LogP contribution >= 0.6 is 11.3 Å². The van der Waals surface area contributed by atoms with Crippen molar-refractivity contribution in [1.29, 1.82) is 0 Å². The van der Waals surface area contributed by atoms with E-state index in [0.29, 0.717) is 19.8 Å². The van der Waals surface area contributed by atoms with Gasteiger partial charge in [0.25, 0.3) is 0 Å². The molecule has 0 fully saturated rings. The molecule has 0 bridgehead atoms. The third-order valence-electron chi connectivity index (χ3n) is 4.72. The fraction of sp³-hybridized carbons (Fsp3) is 0.296. The fourth-order valence-electron chi connectivity index (χ4n) is 3.17. The lowest BCUT2D eigenvalue weighted by atomic mass is 10.1. The lowest BCUT2D eigenvalue weighted by Gasteiger charge is -2.13. The molecule has 168 valence electrons. The van der Waals surface area contributed by atoms with E-state index < -0.39 is 0 Å². The number of ketones is 1. The fourth-order valence-corrected chi connectivity index (χ4v) is 4.20. The Bertz CT molecular complexity index is 1030. The van der Waals surface area contributed by atoms with Crippen LogP contribution in [0.4, 0.5) is 0 Å². The summed E-state index contributed by atoms with van der Waals surface area (Å²) in [6.45, 7) is 7.65. The first-order chi connectivity index (χ1) is 15.6. The SMILES string of the molecule is CCCc1ccc(C(=O)/C=C/c2ccc(OCc3ccc(OCC)c(OCC)c3)cc2)s1. The van der Waals surface area contributed by atoms with Crippen molar-refractivity contribution < 1.29 is 19.0 Å². The number of ether oxygens (including phenoxy) is 3. The average molecular weight is 451 g/mol. The van der Waals surface area contributed by atoms with E-state index >= 15 is 0 Å². The summed E-state index contributed by atoms with van der Waals surface area (Å²) in [5, 5.41) is 0. The molecule has 4 nitrogen and oxygen atoms in total. The summed E-state index contributed by atoms with van der Waals surface area (Å²) >= 11 is 1.58. The number of allylic oxidation sites excluding steroid dienone is 1. The molecule has 0 aliphatic rings. The molecule has 0 N–H and O–H groups in total. The highest BCUT2D eigenvalue weighted by atomic mass is 32.1. The van der Waals surface area contributed by atoms with Crippen molar-refractivity contribution in [2.45, 2.75) is 40.2 Å². The van der Waals surface area contributed by atoms with Gasteiger partial charge in [0.2, 0.25) is 0 Å². The zero-order chi connectivity index (χ0) is 22.8. The maximum atomic E-state index is 12.4. The number of hydrogen-bond donors (Lipinski definition) is 0. The molecule has 1 aromatic heterocycles. The van der Waals surface area contributed by atoms with Crippen LogP contribution in [-0.2, 0) is 13.0 Å². The molecule has 5 heteroatoms. The zero-order valence-corrected chi connectivity index (χ0v) is 19.7. The maximum Gasteiger partial charge on any atom is 0.195 e. The van der Waals surface area contributed by atoms with Gasteiger partial charge in [0, 0.05) is 4.88 Å². The summed E-state index contributed by atoms with van der Waals surface area (Å²) in [7, 11) is 0. The first kappa shape index (κ1) is 23.6. The van der Waals surface area contributed by atoms with Gasteiger partial charge in [-0.2, -0.15) is 0 Å². The molecule has 2 aromatic carbocycles. The Labute approximate surface area is 194 Å². The highest BCUT2D eigenvalue weighted by molar-refractivity contribution is 7.14. The molecule has 0 aliphatic carbocycles. The van der Waals surface area contributed by atoms with Gasteiger partial charge in [-0.25, -0.2) is 0 Å². The molecule has 0 radical (unpaired) electrons. The van der Waals surface area contributed by atoms with Crippen molar-refractivity contribution in [3.8, 4) is 17.2 Å². The van der Waals surface area contributed by atoms with Crippen LogP contribution in [0.25, 0.3) is 6.08 Å². The second kappa shape index (κ2) is 12.1. The quantitative estimate of drug-likeness (QED) is 0.221. The highest BCUT2D eigenvalue weighted by Gasteiger charge is 2.08. The van der Waals surface area contributed by atoms with Crippen LogP contribution in [0, 0.1) is 0 Å². The third kappa shape index (κ3) is 6.72. The van der Waals surface area contributed by atoms with Gasteiger partial charge in [0.05, 0.1) is 18.1 Å². The summed E-state index contributed by atoms with van der Waals surface area (Å²) in [6.07, 6.45) is 5.58. The Morgan fingerprint density at radius 2 is 1.62 bits per heavy atom. The Hall–Kier alpha value is -3.05. The van der Waals surface area contributed by atoms with E-state index in [2.05, 4.69) is 6.92 Å². The average Bonchev–Trinajstić information content (AvgIpc) is 3.28. The van der Waals surface area contributed by atoms with E-state index in [4.69, 9.17) is 14.2 Å². The van der Waals surface area contributed by atoms with Gasteiger partial charge in [-0.15, -0.1) is 11.3 Å². The molecular weight excluding hydrogens is 420 g/mol. The molecule has 1 heterocycles. The molecule has 0 amide bonds. The summed E-state index contributed by atoms with van der Waals surface area (Å²) in [5.74, 6) is 2.28. The maximum absolute atomic E-state index is 12.4. The van der Waals surface area contributed by atoms with Gasteiger partial charge >= 0.3 is 0 Å². The Balaban J connectivity index is 1.57. The molecule has 32 heavy (non-hydrogen) atoms. The molecule has 3 aromatic rings. The molecule has 0 atom stereocenters. The molecule has 0 saturated heterocycles. The number of rotatable bonds is 12. The van der Waals surface area contributed by atoms with Crippen LogP contribution in [0.15, 0.2) is 60.7 Å². The molecule has 0 spiro atoms. The number of carbonyl (C=O) groups is 1. The summed E-state index contributed by atoms with van der Waals surface area (Å²) in [6, 6.07) is 17.5. The highest BCUT2D eigenvalue weighted by Crippen LogP contribution is 2.29. The van der Waals surface area contributed by atoms with E-state index in [-0.39, 0.29) is 5.78 Å². The van der Waals surface area contributed by atoms with E-state index in [1.807, 2.05) is 74.5 Å². The largest absolute Gasteiger partial charge is 0.490 e. The van der Waals surface area contributed by atoms with Crippen molar-refractivity contribution in [3.05, 3.63) is 81.6 Å². The van der Waals surface area contributed by atoms with Crippen LogP contribution < -0.4 is 14.2 Å².